The summed E-state index contributed by atoms with van der Waals surface area (Å²) in [7, 11) is 0. The molecule has 1 aromatic heterocycles. The average Bonchev–Trinajstić information content (AvgIpc) is 2.59. The summed E-state index contributed by atoms with van der Waals surface area (Å²) >= 11 is 0. The molecule has 2 unspecified atom stereocenters. The van der Waals surface area contributed by atoms with Crippen LogP contribution in [0, 0.1) is 5.92 Å². The molecule has 1 heterocycles. The number of carbonyl (C=O) groups is 1. The summed E-state index contributed by atoms with van der Waals surface area (Å²) in [5.74, 6) is -1.41. The molecular weight excluding hydrogens is 182 g/mol. The van der Waals surface area contributed by atoms with Gasteiger partial charge in [-0.3, -0.25) is 0 Å². The minimum absolute atomic E-state index is 0.247. The number of hydrogen-bond donors (Lipinski definition) is 3. The van der Waals surface area contributed by atoms with Crippen molar-refractivity contribution in [1.82, 2.24) is 4.98 Å². The van der Waals surface area contributed by atoms with Crippen LogP contribution in [0.4, 0.5) is 0 Å². The summed E-state index contributed by atoms with van der Waals surface area (Å²) in [6.45, 7) is 1.77. The van der Waals surface area contributed by atoms with Crippen LogP contribution >= 0.6 is 0 Å². The second-order valence-electron chi connectivity index (χ2n) is 3.91. The lowest BCUT2D eigenvalue weighted by Gasteiger charge is -2.34. The second-order valence-corrected chi connectivity index (χ2v) is 3.91. The van der Waals surface area contributed by atoms with Crippen molar-refractivity contribution < 1.29 is 15.0 Å². The molecule has 1 aliphatic carbocycles. The van der Waals surface area contributed by atoms with Gasteiger partial charge in [-0.1, -0.05) is 6.92 Å². The number of fused-ring (bicyclic) bond motifs is 1. The van der Waals surface area contributed by atoms with Gasteiger partial charge in [-0.15, -0.1) is 0 Å². The molecule has 0 fully saturated rings. The number of aliphatic carboxylic acids is 1. The van der Waals surface area contributed by atoms with E-state index in [4.69, 9.17) is 5.11 Å². The molecule has 0 aliphatic heterocycles. The summed E-state index contributed by atoms with van der Waals surface area (Å²) in [6, 6.07) is 0. The Morgan fingerprint density at radius 2 is 2.36 bits per heavy atom. The van der Waals surface area contributed by atoms with Crippen molar-refractivity contribution in [2.45, 2.75) is 25.4 Å². The molecule has 0 saturated heterocycles. The predicted molar refractivity (Wildman–Crippen MR) is 49.8 cm³/mol. The topological polar surface area (TPSA) is 73.3 Å². The number of rotatable bonds is 1. The summed E-state index contributed by atoms with van der Waals surface area (Å²) in [5.41, 5.74) is -0.287. The van der Waals surface area contributed by atoms with Gasteiger partial charge < -0.3 is 15.2 Å². The van der Waals surface area contributed by atoms with Crippen LogP contribution in [-0.2, 0) is 16.8 Å². The van der Waals surface area contributed by atoms with Gasteiger partial charge in [0.2, 0.25) is 0 Å². The van der Waals surface area contributed by atoms with E-state index in [0.29, 0.717) is 12.0 Å². The van der Waals surface area contributed by atoms with Crippen molar-refractivity contribution in [3.05, 3.63) is 23.5 Å². The third-order valence-corrected chi connectivity index (χ3v) is 3.13. The van der Waals surface area contributed by atoms with Crippen LogP contribution < -0.4 is 0 Å². The lowest BCUT2D eigenvalue weighted by atomic mass is 9.74. The van der Waals surface area contributed by atoms with E-state index in [1.165, 1.54) is 0 Å². The Kier molecular flexibility index (Phi) is 1.89. The number of H-pyrrole nitrogens is 1. The van der Waals surface area contributed by atoms with E-state index >= 15 is 0 Å². The predicted octanol–water partition coefficient (Wildman–Crippen LogP) is 0.869. The summed E-state index contributed by atoms with van der Waals surface area (Å²) in [5, 5.41) is 19.2. The highest BCUT2D eigenvalue weighted by molar-refractivity contribution is 5.80. The molecule has 0 bridgehead atoms. The molecule has 0 radical (unpaired) electrons. The molecule has 2 atom stereocenters. The molecule has 14 heavy (non-hydrogen) atoms. The minimum Gasteiger partial charge on any atom is -0.479 e. The van der Waals surface area contributed by atoms with E-state index in [1.807, 2.05) is 0 Å². The molecule has 0 spiro atoms. The Hall–Kier alpha value is -1.29. The second kappa shape index (κ2) is 2.85. The van der Waals surface area contributed by atoms with Gasteiger partial charge in [-0.25, -0.2) is 4.79 Å². The van der Waals surface area contributed by atoms with Crippen LogP contribution in [0.1, 0.15) is 24.5 Å². The summed E-state index contributed by atoms with van der Waals surface area (Å²) in [4.78, 5) is 13.9. The lowest BCUT2D eigenvalue weighted by molar-refractivity contribution is -0.167. The van der Waals surface area contributed by atoms with Crippen LogP contribution in [0.3, 0.4) is 0 Å². The maximum atomic E-state index is 11.1. The number of carboxylic acid groups (broad SMARTS) is 1. The molecule has 4 nitrogen and oxygen atoms in total. The van der Waals surface area contributed by atoms with Gasteiger partial charge in [0.05, 0.1) is 0 Å². The van der Waals surface area contributed by atoms with Gasteiger partial charge in [0, 0.05) is 23.9 Å². The highest BCUT2D eigenvalue weighted by Crippen LogP contribution is 2.39. The Morgan fingerprint density at radius 1 is 1.64 bits per heavy atom. The van der Waals surface area contributed by atoms with Crippen molar-refractivity contribution in [3.63, 3.8) is 0 Å². The van der Waals surface area contributed by atoms with E-state index in [1.54, 1.807) is 19.3 Å². The third-order valence-electron chi connectivity index (χ3n) is 3.13. The molecule has 0 amide bonds. The quantitative estimate of drug-likeness (QED) is 0.622. The Bertz CT molecular complexity index is 371. The van der Waals surface area contributed by atoms with Crippen molar-refractivity contribution in [2.75, 3.05) is 0 Å². The molecule has 0 aromatic carbocycles. The molecule has 1 aliphatic rings. The van der Waals surface area contributed by atoms with Gasteiger partial charge in [-0.2, -0.15) is 0 Å². The minimum atomic E-state index is -1.71. The Morgan fingerprint density at radius 3 is 3.00 bits per heavy atom. The first kappa shape index (κ1) is 9.27. The van der Waals surface area contributed by atoms with Crippen LogP contribution in [0.5, 0.6) is 0 Å². The highest BCUT2D eigenvalue weighted by Gasteiger charge is 2.47. The SMILES string of the molecule is CC1CCc2c[nH]cc2C1(O)C(=O)O. The van der Waals surface area contributed by atoms with E-state index in [-0.39, 0.29) is 5.92 Å². The first-order valence-corrected chi connectivity index (χ1v) is 4.68. The van der Waals surface area contributed by atoms with E-state index < -0.39 is 11.6 Å². The maximum absolute atomic E-state index is 11.1. The number of hydrogen-bond acceptors (Lipinski definition) is 2. The van der Waals surface area contributed by atoms with Crippen molar-refractivity contribution in [3.8, 4) is 0 Å². The average molecular weight is 195 g/mol. The van der Waals surface area contributed by atoms with Crippen molar-refractivity contribution in [2.24, 2.45) is 5.92 Å². The van der Waals surface area contributed by atoms with Crippen LogP contribution in [0.15, 0.2) is 12.4 Å². The Labute approximate surface area is 81.6 Å². The van der Waals surface area contributed by atoms with Crippen LogP contribution in [-0.4, -0.2) is 21.2 Å². The smallest absolute Gasteiger partial charge is 0.340 e. The fraction of sp³-hybridized carbons (Fsp3) is 0.500. The zero-order valence-electron chi connectivity index (χ0n) is 7.95. The van der Waals surface area contributed by atoms with Crippen LogP contribution in [0.2, 0.25) is 0 Å². The molecule has 2 rings (SSSR count). The largest absolute Gasteiger partial charge is 0.479 e. The number of aliphatic hydroxyl groups is 1. The van der Waals surface area contributed by atoms with E-state index in [9.17, 15) is 9.90 Å². The van der Waals surface area contributed by atoms with E-state index in [2.05, 4.69) is 4.98 Å². The first-order chi connectivity index (χ1) is 6.56. The summed E-state index contributed by atoms with van der Waals surface area (Å²) < 4.78 is 0. The fourth-order valence-corrected chi connectivity index (χ4v) is 2.13. The van der Waals surface area contributed by atoms with Crippen molar-refractivity contribution in [1.29, 1.82) is 0 Å². The van der Waals surface area contributed by atoms with Crippen LogP contribution in [0.25, 0.3) is 0 Å². The normalized spacial score (nSPS) is 31.1. The summed E-state index contributed by atoms with van der Waals surface area (Å²) in [6.07, 6.45) is 4.87. The van der Waals surface area contributed by atoms with Gasteiger partial charge in [0.15, 0.2) is 5.60 Å². The maximum Gasteiger partial charge on any atom is 0.340 e. The first-order valence-electron chi connectivity index (χ1n) is 4.68. The number of aryl methyl sites for hydroxylation is 1. The molecule has 1 aromatic rings. The standard InChI is InChI=1S/C10H13NO3/c1-6-2-3-7-4-11-5-8(7)10(6,14)9(12)13/h4-6,11,14H,2-3H2,1H3,(H,12,13). The third kappa shape index (κ3) is 1.00. The molecule has 4 heteroatoms. The molecule has 3 N–H and O–H groups in total. The van der Waals surface area contributed by atoms with Crippen molar-refractivity contribution >= 4 is 5.97 Å². The Balaban J connectivity index is 2.56. The van der Waals surface area contributed by atoms with Gasteiger partial charge >= 0.3 is 5.97 Å². The van der Waals surface area contributed by atoms with Gasteiger partial charge in [-0.05, 0) is 18.4 Å². The zero-order chi connectivity index (χ0) is 10.3. The fourth-order valence-electron chi connectivity index (χ4n) is 2.13. The highest BCUT2D eigenvalue weighted by atomic mass is 16.4. The monoisotopic (exact) mass is 195 g/mol. The molecular formula is C10H13NO3. The number of nitrogens with one attached hydrogen (secondary N) is 1. The number of aromatic nitrogens is 1. The number of aromatic amines is 1. The van der Waals surface area contributed by atoms with Gasteiger partial charge in [0.1, 0.15) is 0 Å². The zero-order valence-corrected chi connectivity index (χ0v) is 7.95. The van der Waals surface area contributed by atoms with Gasteiger partial charge in [0.25, 0.3) is 0 Å². The lowest BCUT2D eigenvalue weighted by Crippen LogP contribution is -2.44. The van der Waals surface area contributed by atoms with E-state index in [0.717, 1.165) is 12.0 Å². The molecule has 76 valence electrons. The molecule has 0 saturated carbocycles. The number of carboxylic acids is 1.